The van der Waals surface area contributed by atoms with Gasteiger partial charge in [-0.15, -0.1) is 0 Å². The zero-order valence-electron chi connectivity index (χ0n) is 27.4. The predicted molar refractivity (Wildman–Crippen MR) is 194 cm³/mol. The molecule has 10 heteroatoms. The Morgan fingerprint density at radius 3 is 2.23 bits per heavy atom. The molecule has 4 aromatic carbocycles. The molecule has 6 rings (SSSR count). The lowest BCUT2D eigenvalue weighted by molar-refractivity contribution is 0.0633. The van der Waals surface area contributed by atoms with Crippen LogP contribution in [0.15, 0.2) is 84.9 Å². The maximum Gasteiger partial charge on any atom is 0.324 e. The van der Waals surface area contributed by atoms with Crippen LogP contribution in [0.5, 0.6) is 5.75 Å². The van der Waals surface area contributed by atoms with Crippen molar-refractivity contribution >= 4 is 57.3 Å². The first-order valence-electron chi connectivity index (χ1n) is 16.1. The smallest absolute Gasteiger partial charge is 0.324 e. The van der Waals surface area contributed by atoms with E-state index in [9.17, 15) is 9.59 Å². The number of aryl methyl sites for hydroxylation is 1. The van der Waals surface area contributed by atoms with E-state index in [2.05, 4.69) is 36.7 Å². The average molecular weight is 685 g/mol. The summed E-state index contributed by atoms with van der Waals surface area (Å²) in [6, 6.07) is 25.7. The number of ketones is 1. The molecule has 1 unspecified atom stereocenters. The summed E-state index contributed by atoms with van der Waals surface area (Å²) in [5, 5.41) is 16.3. The number of benzene rings is 4. The Morgan fingerprint density at radius 2 is 1.56 bits per heavy atom. The molecule has 2 heterocycles. The highest BCUT2D eigenvalue weighted by atomic mass is 35.5. The molecule has 0 spiro atoms. The number of hydrogen-bond acceptors (Lipinski definition) is 5. The van der Waals surface area contributed by atoms with Crippen LogP contribution in [-0.4, -0.2) is 40.8 Å². The molecule has 1 fully saturated rings. The van der Waals surface area contributed by atoms with Gasteiger partial charge in [-0.1, -0.05) is 92.0 Å². The maximum absolute atomic E-state index is 14.0. The fourth-order valence-corrected chi connectivity index (χ4v) is 6.58. The van der Waals surface area contributed by atoms with Crippen LogP contribution in [-0.2, 0) is 5.41 Å². The summed E-state index contributed by atoms with van der Waals surface area (Å²) in [5.74, 6) is 0.795. The number of urea groups is 1. The quantitative estimate of drug-likeness (QED) is 0.142. The summed E-state index contributed by atoms with van der Waals surface area (Å²) in [4.78, 5) is 27.6. The monoisotopic (exact) mass is 683 g/mol. The third-order valence-electron chi connectivity index (χ3n) is 8.66. The van der Waals surface area contributed by atoms with Crippen LogP contribution >= 0.6 is 23.2 Å². The van der Waals surface area contributed by atoms with Crippen LogP contribution in [0.2, 0.25) is 10.0 Å². The van der Waals surface area contributed by atoms with Crippen LogP contribution in [0, 0.1) is 12.8 Å². The van der Waals surface area contributed by atoms with Crippen LogP contribution in [0.25, 0.3) is 16.5 Å². The molecule has 48 heavy (non-hydrogen) atoms. The van der Waals surface area contributed by atoms with Crippen LogP contribution in [0.3, 0.4) is 0 Å². The topological polar surface area (TPSA) is 97.3 Å². The first-order chi connectivity index (χ1) is 23.0. The van der Waals surface area contributed by atoms with Gasteiger partial charge in [0.2, 0.25) is 5.78 Å². The van der Waals surface area contributed by atoms with Crippen molar-refractivity contribution in [2.24, 2.45) is 5.92 Å². The number of hydrogen-bond donors (Lipinski definition) is 3. The number of fused-ring (bicyclic) bond motifs is 1. The predicted octanol–water partition coefficient (Wildman–Crippen LogP) is 9.21. The molecule has 0 radical (unpaired) electrons. The molecular formula is C38H39Cl2N5O3. The zero-order chi connectivity index (χ0) is 34.0. The largest absolute Gasteiger partial charge is 0.481 e. The molecule has 2 amide bonds. The van der Waals surface area contributed by atoms with Gasteiger partial charge in [0.25, 0.3) is 0 Å². The van der Waals surface area contributed by atoms with Crippen molar-refractivity contribution in [3.05, 3.63) is 112 Å². The molecular weight excluding hydrogens is 645 g/mol. The summed E-state index contributed by atoms with van der Waals surface area (Å²) in [5.41, 5.74) is 3.46. The third kappa shape index (κ3) is 7.21. The summed E-state index contributed by atoms with van der Waals surface area (Å²) in [6.45, 7) is 9.85. The summed E-state index contributed by atoms with van der Waals surface area (Å²) < 4.78 is 8.37. The molecule has 1 atom stereocenters. The van der Waals surface area contributed by atoms with Gasteiger partial charge in [-0.25, -0.2) is 9.48 Å². The number of nitrogens with one attached hydrogen (secondary N) is 3. The van der Waals surface area contributed by atoms with Crippen molar-refractivity contribution < 1.29 is 14.3 Å². The summed E-state index contributed by atoms with van der Waals surface area (Å²) in [6.07, 6.45) is 0.743. The van der Waals surface area contributed by atoms with E-state index in [1.54, 1.807) is 35.0 Å². The summed E-state index contributed by atoms with van der Waals surface area (Å²) in [7, 11) is 0. The number of piperidine rings is 1. The molecule has 1 saturated heterocycles. The van der Waals surface area contributed by atoms with E-state index in [1.807, 2.05) is 61.5 Å². The molecule has 0 saturated carbocycles. The molecule has 0 aliphatic carbocycles. The molecule has 248 valence electrons. The van der Waals surface area contributed by atoms with Gasteiger partial charge in [-0.2, -0.15) is 5.10 Å². The van der Waals surface area contributed by atoms with Gasteiger partial charge in [0, 0.05) is 28.2 Å². The zero-order valence-corrected chi connectivity index (χ0v) is 29.0. The second-order valence-corrected chi connectivity index (χ2v) is 14.0. The lowest BCUT2D eigenvalue weighted by Gasteiger charge is -2.31. The van der Waals surface area contributed by atoms with Gasteiger partial charge in [-0.3, -0.25) is 10.1 Å². The van der Waals surface area contributed by atoms with Crippen LogP contribution < -0.4 is 20.7 Å². The minimum Gasteiger partial charge on any atom is -0.481 e. The Morgan fingerprint density at radius 1 is 0.896 bits per heavy atom. The number of carbonyl (C=O) groups is 2. The Hall–Kier alpha value is -4.37. The van der Waals surface area contributed by atoms with Crippen LogP contribution in [0.4, 0.5) is 16.3 Å². The normalized spacial score (nSPS) is 14.5. The first kappa shape index (κ1) is 33.5. The van der Waals surface area contributed by atoms with Gasteiger partial charge in [0.1, 0.15) is 11.6 Å². The maximum atomic E-state index is 14.0. The van der Waals surface area contributed by atoms with E-state index in [1.165, 1.54) is 0 Å². The Labute approximate surface area is 290 Å². The van der Waals surface area contributed by atoms with Gasteiger partial charge >= 0.3 is 6.03 Å². The van der Waals surface area contributed by atoms with Gasteiger partial charge in [-0.05, 0) is 69.3 Å². The minimum absolute atomic E-state index is 0.0372. The van der Waals surface area contributed by atoms with Gasteiger partial charge in [0.05, 0.1) is 32.7 Å². The lowest BCUT2D eigenvalue weighted by atomic mass is 9.87. The first-order valence-corrected chi connectivity index (χ1v) is 16.9. The molecule has 1 aliphatic rings. The number of Topliss-reactive ketones (excluding diaryl/α,β-unsaturated/α-hetero) is 1. The Bertz CT molecular complexity index is 1940. The Balaban J connectivity index is 1.29. The molecule has 1 aliphatic heterocycles. The fourth-order valence-electron chi connectivity index (χ4n) is 6.00. The number of ether oxygens (including phenoxy) is 1. The highest BCUT2D eigenvalue weighted by Gasteiger charge is 2.35. The molecule has 3 N–H and O–H groups in total. The second-order valence-electron chi connectivity index (χ2n) is 13.2. The average Bonchev–Trinajstić information content (AvgIpc) is 3.49. The highest BCUT2D eigenvalue weighted by Crippen LogP contribution is 2.36. The van der Waals surface area contributed by atoms with Crippen molar-refractivity contribution in [1.29, 1.82) is 0 Å². The second kappa shape index (κ2) is 14.0. The number of amides is 2. The molecule has 1 aromatic heterocycles. The third-order valence-corrected chi connectivity index (χ3v) is 9.29. The minimum atomic E-state index is -0.797. The lowest BCUT2D eigenvalue weighted by Crippen LogP contribution is -2.41. The number of anilines is 2. The number of rotatable bonds is 8. The SMILES string of the molecule is Cc1ccc(-n2nc(C(C)(C)C)cc2NC(=O)Nc2ccc(OC(C(=O)c3c(Cl)cccc3Cl)C3CCNCC3)c3ccccc23)cc1. The number of carbonyl (C=O) groups excluding carboxylic acids is 2. The van der Waals surface area contributed by atoms with Crippen molar-refractivity contribution in [2.45, 2.75) is 52.1 Å². The number of halogens is 2. The van der Waals surface area contributed by atoms with E-state index >= 15 is 0 Å². The molecule has 8 nitrogen and oxygen atoms in total. The van der Waals surface area contributed by atoms with Gasteiger partial charge in [0.15, 0.2) is 6.10 Å². The number of nitrogens with zero attached hydrogens (tertiary/aromatic N) is 2. The van der Waals surface area contributed by atoms with E-state index in [-0.39, 0.29) is 22.7 Å². The van der Waals surface area contributed by atoms with E-state index in [0.29, 0.717) is 27.3 Å². The van der Waals surface area contributed by atoms with E-state index in [4.69, 9.17) is 33.0 Å². The Kier molecular flexibility index (Phi) is 9.78. The standard InChI is InChI=1S/C38H39Cl2N5O3/c1-23-12-14-25(15-13-23)45-33(22-32(44-45)38(2,3)4)43-37(47)42-30-16-17-31(27-9-6-5-8-26(27)30)48-36(24-18-20-41-21-19-24)35(46)34-28(39)10-7-11-29(34)40/h5-17,22,24,36,41H,18-21H2,1-4H3,(H2,42,43,47). The molecule has 0 bridgehead atoms. The van der Waals surface area contributed by atoms with E-state index in [0.717, 1.165) is 53.6 Å². The van der Waals surface area contributed by atoms with Crippen molar-refractivity contribution in [3.63, 3.8) is 0 Å². The highest BCUT2D eigenvalue weighted by molar-refractivity contribution is 6.40. The van der Waals surface area contributed by atoms with Crippen molar-refractivity contribution in [1.82, 2.24) is 15.1 Å². The van der Waals surface area contributed by atoms with E-state index < -0.39 is 12.1 Å². The molecule has 5 aromatic rings. The van der Waals surface area contributed by atoms with Gasteiger partial charge < -0.3 is 15.4 Å². The fraction of sp³-hybridized carbons (Fsp3) is 0.289. The summed E-state index contributed by atoms with van der Waals surface area (Å²) >= 11 is 13.0. The van der Waals surface area contributed by atoms with Crippen molar-refractivity contribution in [2.75, 3.05) is 23.7 Å². The van der Waals surface area contributed by atoms with Crippen molar-refractivity contribution in [3.8, 4) is 11.4 Å². The number of aromatic nitrogens is 2. The van der Waals surface area contributed by atoms with Crippen LogP contribution in [0.1, 0.15) is 55.2 Å².